The number of sulfonamides is 1. The molecule has 0 unspecified atom stereocenters. The summed E-state index contributed by atoms with van der Waals surface area (Å²) in [6.45, 7) is 0.362. The van der Waals surface area contributed by atoms with Gasteiger partial charge in [0, 0.05) is 12.4 Å². The summed E-state index contributed by atoms with van der Waals surface area (Å²) in [4.78, 5) is -0.0386. The van der Waals surface area contributed by atoms with E-state index in [1.54, 1.807) is 0 Å². The second kappa shape index (κ2) is 7.71. The molecule has 0 heterocycles. The summed E-state index contributed by atoms with van der Waals surface area (Å²) in [7, 11) is -3.59. The van der Waals surface area contributed by atoms with Gasteiger partial charge < -0.3 is 0 Å². The Balaban J connectivity index is 2.41. The zero-order valence-corrected chi connectivity index (χ0v) is 11.6. The summed E-state index contributed by atoms with van der Waals surface area (Å²) in [6, 6.07) is 4.98. The first-order chi connectivity index (χ1) is 8.56. The topological polar surface area (TPSA) is 46.2 Å². The van der Waals surface area contributed by atoms with Crippen LogP contribution < -0.4 is 4.72 Å². The molecule has 102 valence electrons. The quantitative estimate of drug-likeness (QED) is 0.592. The maximum atomic E-state index is 12.9. The molecule has 0 atom stereocenters. The number of alkyl halides is 1. The van der Waals surface area contributed by atoms with Crippen molar-refractivity contribution in [3.8, 4) is 0 Å². The molecule has 3 nitrogen and oxygen atoms in total. The molecular weight excluding hydrogens is 277 g/mol. The molecule has 0 fully saturated rings. The lowest BCUT2D eigenvalue weighted by Crippen LogP contribution is -2.24. The average molecular weight is 294 g/mol. The Morgan fingerprint density at radius 2 is 1.89 bits per heavy atom. The van der Waals surface area contributed by atoms with E-state index in [1.807, 2.05) is 0 Å². The van der Waals surface area contributed by atoms with Crippen LogP contribution in [0.5, 0.6) is 0 Å². The number of hydrogen-bond donors (Lipinski definition) is 1. The van der Waals surface area contributed by atoms with Crippen LogP contribution in [-0.4, -0.2) is 20.8 Å². The first-order valence-electron chi connectivity index (χ1n) is 5.87. The van der Waals surface area contributed by atoms with Crippen molar-refractivity contribution in [2.75, 3.05) is 12.4 Å². The molecule has 1 rings (SSSR count). The Labute approximate surface area is 112 Å². The van der Waals surface area contributed by atoms with E-state index >= 15 is 0 Å². The Morgan fingerprint density at radius 3 is 2.56 bits per heavy atom. The van der Waals surface area contributed by atoms with Crippen molar-refractivity contribution < 1.29 is 12.8 Å². The lowest BCUT2D eigenvalue weighted by Gasteiger charge is -2.06. The summed E-state index contributed by atoms with van der Waals surface area (Å²) < 4.78 is 38.9. The smallest absolute Gasteiger partial charge is 0.211 e. The molecule has 0 aliphatic rings. The first-order valence-corrected chi connectivity index (χ1v) is 7.89. The van der Waals surface area contributed by atoms with E-state index in [2.05, 4.69) is 4.72 Å². The fourth-order valence-electron chi connectivity index (χ4n) is 1.50. The molecule has 0 bridgehead atoms. The van der Waals surface area contributed by atoms with Crippen LogP contribution in [0.1, 0.15) is 25.7 Å². The van der Waals surface area contributed by atoms with E-state index in [4.69, 9.17) is 11.6 Å². The molecule has 0 amide bonds. The summed E-state index contributed by atoms with van der Waals surface area (Å²) >= 11 is 5.53. The van der Waals surface area contributed by atoms with E-state index < -0.39 is 15.8 Å². The molecule has 1 N–H and O–H groups in total. The highest BCUT2D eigenvalue weighted by Gasteiger charge is 2.13. The van der Waals surface area contributed by atoms with Gasteiger partial charge >= 0.3 is 0 Å². The summed E-state index contributed by atoms with van der Waals surface area (Å²) in [5, 5.41) is 0. The number of halogens is 2. The maximum absolute atomic E-state index is 12.9. The summed E-state index contributed by atoms with van der Waals surface area (Å²) in [6.07, 6.45) is 3.62. The highest BCUT2D eigenvalue weighted by molar-refractivity contribution is 7.89. The minimum Gasteiger partial charge on any atom is -0.211 e. The minimum atomic E-state index is -3.59. The molecule has 0 aliphatic carbocycles. The van der Waals surface area contributed by atoms with Crippen molar-refractivity contribution in [2.45, 2.75) is 30.6 Å². The molecule has 0 aliphatic heterocycles. The Kier molecular flexibility index (Phi) is 6.60. The number of hydrogen-bond acceptors (Lipinski definition) is 2. The highest BCUT2D eigenvalue weighted by Crippen LogP contribution is 2.10. The molecule has 0 saturated heterocycles. The number of rotatable bonds is 8. The van der Waals surface area contributed by atoms with Gasteiger partial charge in [0.1, 0.15) is 5.82 Å². The van der Waals surface area contributed by atoms with Crippen LogP contribution in [-0.2, 0) is 10.0 Å². The van der Waals surface area contributed by atoms with Crippen molar-refractivity contribution >= 4 is 21.6 Å². The molecule has 0 radical (unpaired) electrons. The zero-order chi connectivity index (χ0) is 13.4. The van der Waals surface area contributed by atoms with Gasteiger partial charge in [-0.15, -0.1) is 11.6 Å². The maximum Gasteiger partial charge on any atom is 0.240 e. The van der Waals surface area contributed by atoms with Gasteiger partial charge in [0.25, 0.3) is 0 Å². The van der Waals surface area contributed by atoms with Crippen LogP contribution in [0.4, 0.5) is 4.39 Å². The lowest BCUT2D eigenvalue weighted by atomic mass is 10.2. The van der Waals surface area contributed by atoms with Crippen LogP contribution >= 0.6 is 11.6 Å². The third kappa shape index (κ3) is 5.33. The highest BCUT2D eigenvalue weighted by atomic mass is 35.5. The normalized spacial score (nSPS) is 11.7. The largest absolute Gasteiger partial charge is 0.240 e. The molecule has 18 heavy (non-hydrogen) atoms. The molecule has 0 spiro atoms. The van der Waals surface area contributed by atoms with E-state index in [0.717, 1.165) is 31.7 Å². The second-order valence-electron chi connectivity index (χ2n) is 3.96. The van der Waals surface area contributed by atoms with Crippen molar-refractivity contribution in [1.29, 1.82) is 0 Å². The van der Waals surface area contributed by atoms with E-state index in [9.17, 15) is 12.8 Å². The third-order valence-corrected chi connectivity index (χ3v) is 4.18. The van der Waals surface area contributed by atoms with Gasteiger partial charge in [-0.05, 0) is 31.0 Å². The minimum absolute atomic E-state index is 0.0386. The van der Waals surface area contributed by atoms with Crippen molar-refractivity contribution in [1.82, 2.24) is 4.72 Å². The lowest BCUT2D eigenvalue weighted by molar-refractivity contribution is 0.570. The van der Waals surface area contributed by atoms with E-state index in [0.29, 0.717) is 12.4 Å². The standard InChI is InChI=1S/C12H17ClFNO2S/c13-8-3-1-2-4-9-15-18(16,17)12-7-5-6-11(14)10-12/h5-7,10,15H,1-4,8-9H2. The van der Waals surface area contributed by atoms with Crippen molar-refractivity contribution in [3.05, 3.63) is 30.1 Å². The van der Waals surface area contributed by atoms with Crippen molar-refractivity contribution in [3.63, 3.8) is 0 Å². The molecule has 6 heteroatoms. The molecule has 0 saturated carbocycles. The number of unbranched alkanes of at least 4 members (excludes halogenated alkanes) is 3. The molecule has 0 aromatic heterocycles. The van der Waals surface area contributed by atoms with Gasteiger partial charge in [-0.3, -0.25) is 0 Å². The number of nitrogens with one attached hydrogen (secondary N) is 1. The molecule has 1 aromatic carbocycles. The van der Waals surface area contributed by atoms with Crippen LogP contribution in [0.15, 0.2) is 29.2 Å². The summed E-state index contributed by atoms with van der Waals surface area (Å²) in [5.74, 6) is 0.0784. The van der Waals surface area contributed by atoms with Gasteiger partial charge in [-0.25, -0.2) is 17.5 Å². The SMILES string of the molecule is O=S(=O)(NCCCCCCCl)c1cccc(F)c1. The van der Waals surface area contributed by atoms with Gasteiger partial charge in [0.05, 0.1) is 4.90 Å². The van der Waals surface area contributed by atoms with Gasteiger partial charge in [-0.2, -0.15) is 0 Å². The van der Waals surface area contributed by atoms with Crippen LogP contribution in [0.2, 0.25) is 0 Å². The predicted molar refractivity (Wildman–Crippen MR) is 70.8 cm³/mol. The van der Waals surface area contributed by atoms with Gasteiger partial charge in [0.15, 0.2) is 0 Å². The monoisotopic (exact) mass is 293 g/mol. The average Bonchev–Trinajstić information content (AvgIpc) is 2.33. The van der Waals surface area contributed by atoms with Crippen molar-refractivity contribution in [2.24, 2.45) is 0 Å². The molecular formula is C12H17ClFNO2S. The Hall–Kier alpha value is -0.650. The van der Waals surface area contributed by atoms with Gasteiger partial charge in [0.2, 0.25) is 10.0 Å². The Morgan fingerprint density at radius 1 is 1.17 bits per heavy atom. The summed E-state index contributed by atoms with van der Waals surface area (Å²) in [5.41, 5.74) is 0. The fourth-order valence-corrected chi connectivity index (χ4v) is 2.79. The zero-order valence-electron chi connectivity index (χ0n) is 10.0. The Bertz CT molecular complexity index is 465. The van der Waals surface area contributed by atoms with Crippen LogP contribution in [0.3, 0.4) is 0 Å². The number of benzene rings is 1. The third-order valence-electron chi connectivity index (χ3n) is 2.46. The van der Waals surface area contributed by atoms with Crippen LogP contribution in [0, 0.1) is 5.82 Å². The fraction of sp³-hybridized carbons (Fsp3) is 0.500. The van der Waals surface area contributed by atoms with Crippen LogP contribution in [0.25, 0.3) is 0 Å². The van der Waals surface area contributed by atoms with E-state index in [1.165, 1.54) is 18.2 Å². The van der Waals surface area contributed by atoms with Gasteiger partial charge in [-0.1, -0.05) is 18.9 Å². The second-order valence-corrected chi connectivity index (χ2v) is 6.10. The predicted octanol–water partition coefficient (Wildman–Crippen LogP) is 2.90. The van der Waals surface area contributed by atoms with E-state index in [-0.39, 0.29) is 4.90 Å². The first kappa shape index (κ1) is 15.4. The molecule has 1 aromatic rings.